The molecule has 0 radical (unpaired) electrons. The van der Waals surface area contributed by atoms with E-state index in [-0.39, 0.29) is 0 Å². The number of halogens is 1. The van der Waals surface area contributed by atoms with E-state index in [1.54, 1.807) is 0 Å². The first kappa shape index (κ1) is 11.1. The van der Waals surface area contributed by atoms with Crippen molar-refractivity contribution < 1.29 is 0 Å². The summed E-state index contributed by atoms with van der Waals surface area (Å²) in [7, 11) is 2.02. The molecule has 0 saturated heterocycles. The molecule has 0 bridgehead atoms. The second-order valence-corrected chi connectivity index (χ2v) is 5.29. The van der Waals surface area contributed by atoms with Gasteiger partial charge in [0, 0.05) is 34.1 Å². The molecule has 1 heterocycles. The third-order valence-corrected chi connectivity index (χ3v) is 3.97. The van der Waals surface area contributed by atoms with E-state index in [0.29, 0.717) is 5.92 Å². The minimum Gasteiger partial charge on any atom is -0.358 e. The van der Waals surface area contributed by atoms with Crippen molar-refractivity contribution in [3.8, 4) is 0 Å². The minimum absolute atomic E-state index is 0.620. The van der Waals surface area contributed by atoms with Crippen molar-refractivity contribution in [3.05, 3.63) is 34.5 Å². The van der Waals surface area contributed by atoms with Gasteiger partial charge in [0.15, 0.2) is 0 Å². The zero-order valence-corrected chi connectivity index (χ0v) is 10.8. The van der Waals surface area contributed by atoms with E-state index in [1.807, 2.05) is 19.2 Å². The highest BCUT2D eigenvalue weighted by atomic mass is 35.5. The summed E-state index contributed by atoms with van der Waals surface area (Å²) in [6.45, 7) is 1.05. The van der Waals surface area contributed by atoms with Crippen LogP contribution in [0.5, 0.6) is 0 Å². The highest BCUT2D eigenvalue weighted by Gasteiger charge is 2.23. The number of hydrogen-bond donors (Lipinski definition) is 2. The molecule has 1 aromatic heterocycles. The molecule has 90 valence electrons. The molecule has 0 aliphatic heterocycles. The van der Waals surface area contributed by atoms with Gasteiger partial charge in [-0.2, -0.15) is 0 Å². The molecule has 0 spiro atoms. The first-order chi connectivity index (χ1) is 8.29. The Morgan fingerprint density at radius 1 is 1.47 bits per heavy atom. The summed E-state index contributed by atoms with van der Waals surface area (Å²) < 4.78 is 0. The maximum atomic E-state index is 6.05. The fourth-order valence-corrected chi connectivity index (χ4v) is 3.16. The predicted molar refractivity (Wildman–Crippen MR) is 72.9 cm³/mol. The van der Waals surface area contributed by atoms with Crippen LogP contribution in [0.4, 0.5) is 0 Å². The van der Waals surface area contributed by atoms with E-state index >= 15 is 0 Å². The van der Waals surface area contributed by atoms with Gasteiger partial charge in [-0.25, -0.2) is 0 Å². The fourth-order valence-electron chi connectivity index (χ4n) is 2.99. The summed E-state index contributed by atoms with van der Waals surface area (Å²) in [5, 5.41) is 5.45. The fraction of sp³-hybridized carbons (Fsp3) is 0.429. The number of rotatable bonds is 2. The highest BCUT2D eigenvalue weighted by Crippen LogP contribution is 2.36. The number of H-pyrrole nitrogens is 1. The van der Waals surface area contributed by atoms with E-state index in [0.717, 1.165) is 11.6 Å². The molecular weight excluding hydrogens is 232 g/mol. The van der Waals surface area contributed by atoms with Crippen molar-refractivity contribution in [2.45, 2.75) is 25.2 Å². The normalized spacial score (nSPS) is 19.5. The highest BCUT2D eigenvalue weighted by molar-refractivity contribution is 6.31. The lowest BCUT2D eigenvalue weighted by atomic mass is 9.87. The Hall–Kier alpha value is -0.990. The van der Waals surface area contributed by atoms with Crippen LogP contribution in [0.25, 0.3) is 10.9 Å². The van der Waals surface area contributed by atoms with Crippen molar-refractivity contribution >= 4 is 22.5 Å². The number of likely N-dealkylation sites (N-methyl/N-ethyl adjacent to an activating group) is 1. The number of benzene rings is 1. The second kappa shape index (κ2) is 4.35. The molecule has 3 heteroatoms. The molecule has 0 fully saturated rings. The molecule has 1 atom stereocenters. The molecule has 2 aromatic rings. The number of aromatic nitrogens is 1. The molecule has 1 aliphatic rings. The molecule has 2 nitrogen and oxygen atoms in total. The quantitative estimate of drug-likeness (QED) is 0.837. The van der Waals surface area contributed by atoms with Gasteiger partial charge in [0.2, 0.25) is 0 Å². The molecule has 1 unspecified atom stereocenters. The van der Waals surface area contributed by atoms with Gasteiger partial charge in [-0.15, -0.1) is 0 Å². The maximum absolute atomic E-state index is 6.05. The first-order valence-electron chi connectivity index (χ1n) is 6.24. The Balaban J connectivity index is 2.14. The standard InChI is InChI=1S/C14H17ClN2/c1-16-8-9-3-2-4-12-11-6-5-10(15)7-13(11)17-14(9)12/h5-7,9,16-17H,2-4,8H2,1H3. The number of nitrogens with one attached hydrogen (secondary N) is 2. The Labute approximate surface area is 106 Å². The van der Waals surface area contributed by atoms with Gasteiger partial charge in [0.1, 0.15) is 0 Å². The summed E-state index contributed by atoms with van der Waals surface area (Å²) >= 11 is 6.05. The van der Waals surface area contributed by atoms with Gasteiger partial charge >= 0.3 is 0 Å². The van der Waals surface area contributed by atoms with E-state index in [9.17, 15) is 0 Å². The summed E-state index contributed by atoms with van der Waals surface area (Å²) in [5.74, 6) is 0.620. The smallest absolute Gasteiger partial charge is 0.0473 e. The van der Waals surface area contributed by atoms with Crippen molar-refractivity contribution in [2.24, 2.45) is 0 Å². The van der Waals surface area contributed by atoms with Crippen LogP contribution in [0.1, 0.15) is 30.0 Å². The van der Waals surface area contributed by atoms with Crippen LogP contribution >= 0.6 is 11.6 Å². The maximum Gasteiger partial charge on any atom is 0.0473 e. The van der Waals surface area contributed by atoms with Gasteiger partial charge in [0.05, 0.1) is 0 Å². The Morgan fingerprint density at radius 3 is 3.18 bits per heavy atom. The lowest BCUT2D eigenvalue weighted by Crippen LogP contribution is -2.21. The van der Waals surface area contributed by atoms with Crippen LogP contribution in [0, 0.1) is 0 Å². The zero-order valence-electron chi connectivity index (χ0n) is 10.0. The third kappa shape index (κ3) is 1.85. The largest absolute Gasteiger partial charge is 0.358 e. The van der Waals surface area contributed by atoms with E-state index < -0.39 is 0 Å². The van der Waals surface area contributed by atoms with Crippen molar-refractivity contribution in [2.75, 3.05) is 13.6 Å². The van der Waals surface area contributed by atoms with Crippen LogP contribution in [-0.4, -0.2) is 18.6 Å². The molecule has 0 amide bonds. The molecule has 0 saturated carbocycles. The van der Waals surface area contributed by atoms with Crippen LogP contribution < -0.4 is 5.32 Å². The van der Waals surface area contributed by atoms with Gasteiger partial charge in [0.25, 0.3) is 0 Å². The Kier molecular flexibility index (Phi) is 2.85. The number of hydrogen-bond acceptors (Lipinski definition) is 1. The molecule has 3 rings (SSSR count). The summed E-state index contributed by atoms with van der Waals surface area (Å²) in [4.78, 5) is 3.57. The molecule has 2 N–H and O–H groups in total. The monoisotopic (exact) mass is 248 g/mol. The van der Waals surface area contributed by atoms with Crippen LogP contribution in [0.2, 0.25) is 5.02 Å². The van der Waals surface area contributed by atoms with Gasteiger partial charge in [-0.3, -0.25) is 0 Å². The zero-order chi connectivity index (χ0) is 11.8. The van der Waals surface area contributed by atoms with Gasteiger partial charge < -0.3 is 10.3 Å². The van der Waals surface area contributed by atoms with Crippen LogP contribution in [-0.2, 0) is 6.42 Å². The topological polar surface area (TPSA) is 27.8 Å². The van der Waals surface area contributed by atoms with E-state index in [2.05, 4.69) is 16.4 Å². The van der Waals surface area contributed by atoms with E-state index in [4.69, 9.17) is 11.6 Å². The summed E-state index contributed by atoms with van der Waals surface area (Å²) in [6, 6.07) is 6.17. The third-order valence-electron chi connectivity index (χ3n) is 3.74. The SMILES string of the molecule is CNCC1CCCc2c1[nH]c1cc(Cl)ccc21. The average molecular weight is 249 g/mol. The Bertz CT molecular complexity index is 544. The average Bonchev–Trinajstić information content (AvgIpc) is 2.68. The first-order valence-corrected chi connectivity index (χ1v) is 6.62. The van der Waals surface area contributed by atoms with Crippen LogP contribution in [0.15, 0.2) is 18.2 Å². The van der Waals surface area contributed by atoms with Crippen molar-refractivity contribution in [1.29, 1.82) is 0 Å². The number of aromatic amines is 1. The predicted octanol–water partition coefficient (Wildman–Crippen LogP) is 3.46. The molecule has 1 aliphatic carbocycles. The number of aryl methyl sites for hydroxylation is 1. The van der Waals surface area contributed by atoms with Crippen molar-refractivity contribution in [3.63, 3.8) is 0 Å². The Morgan fingerprint density at radius 2 is 2.35 bits per heavy atom. The van der Waals surface area contributed by atoms with Gasteiger partial charge in [-0.05, 0) is 44.0 Å². The molecule has 1 aromatic carbocycles. The minimum atomic E-state index is 0.620. The summed E-state index contributed by atoms with van der Waals surface area (Å²) in [5.41, 5.74) is 4.11. The van der Waals surface area contributed by atoms with E-state index in [1.165, 1.54) is 41.4 Å². The van der Waals surface area contributed by atoms with Gasteiger partial charge in [-0.1, -0.05) is 17.7 Å². The lowest BCUT2D eigenvalue weighted by Gasteiger charge is -2.22. The second-order valence-electron chi connectivity index (χ2n) is 4.85. The van der Waals surface area contributed by atoms with Crippen molar-refractivity contribution in [1.82, 2.24) is 10.3 Å². The molecule has 17 heavy (non-hydrogen) atoms. The number of fused-ring (bicyclic) bond motifs is 3. The summed E-state index contributed by atoms with van der Waals surface area (Å²) in [6.07, 6.45) is 3.75. The lowest BCUT2D eigenvalue weighted by molar-refractivity contribution is 0.522. The molecular formula is C14H17ClN2. The van der Waals surface area contributed by atoms with Crippen LogP contribution in [0.3, 0.4) is 0 Å².